The summed E-state index contributed by atoms with van der Waals surface area (Å²) < 4.78 is 10.4. The number of fused-ring (bicyclic) bond motifs is 1. The number of carbonyl (C=O) groups is 1. The van der Waals surface area contributed by atoms with Crippen molar-refractivity contribution in [2.24, 2.45) is 5.73 Å². The standard InChI is InChI=1S/C24H27N5O3/c1-15-18(13-27-32-15)22(30)11-5-3-4-9-19(25)23-26-14-21(28-23)17-12-16-8-6-7-10-20(16)29-24(17)31-2/h6-8,10,12-14,19H,3-5,9,11,25H2,1-2H3,(H,26,28)/t19-/m0/s1. The number of benzene rings is 1. The topological polar surface area (TPSA) is 120 Å². The largest absolute Gasteiger partial charge is 0.480 e. The Morgan fingerprint density at radius 2 is 2.06 bits per heavy atom. The predicted molar refractivity (Wildman–Crippen MR) is 121 cm³/mol. The second-order valence-corrected chi connectivity index (χ2v) is 7.84. The third-order valence-corrected chi connectivity index (χ3v) is 5.59. The minimum Gasteiger partial charge on any atom is -0.480 e. The Morgan fingerprint density at radius 1 is 1.22 bits per heavy atom. The number of Topliss-reactive ketones (excluding diaryl/α,β-unsaturated/α-hetero) is 1. The zero-order valence-corrected chi connectivity index (χ0v) is 18.3. The molecule has 0 spiro atoms. The van der Waals surface area contributed by atoms with Gasteiger partial charge in [-0.3, -0.25) is 4.79 Å². The van der Waals surface area contributed by atoms with Gasteiger partial charge in [-0.1, -0.05) is 36.2 Å². The minimum absolute atomic E-state index is 0.0710. The molecule has 3 N–H and O–H groups in total. The van der Waals surface area contributed by atoms with Crippen molar-refractivity contribution in [1.29, 1.82) is 0 Å². The number of hydrogen-bond acceptors (Lipinski definition) is 7. The number of H-pyrrole nitrogens is 1. The number of unbranched alkanes of at least 4 members (excludes halogenated alkanes) is 2. The lowest BCUT2D eigenvalue weighted by atomic mass is 10.0. The molecule has 1 atom stereocenters. The summed E-state index contributed by atoms with van der Waals surface area (Å²) in [5.74, 6) is 1.91. The molecule has 0 unspecified atom stereocenters. The molecule has 8 heteroatoms. The number of aromatic nitrogens is 4. The number of ketones is 1. The Hall–Kier alpha value is -3.52. The molecule has 0 aliphatic rings. The van der Waals surface area contributed by atoms with Crippen LogP contribution in [0.5, 0.6) is 5.88 Å². The Morgan fingerprint density at radius 3 is 2.84 bits per heavy atom. The number of pyridine rings is 1. The van der Waals surface area contributed by atoms with Crippen LogP contribution >= 0.6 is 0 Å². The number of aromatic amines is 1. The second-order valence-electron chi connectivity index (χ2n) is 7.84. The van der Waals surface area contributed by atoms with E-state index in [0.29, 0.717) is 23.6 Å². The molecule has 0 bridgehead atoms. The van der Waals surface area contributed by atoms with Crippen molar-refractivity contribution in [3.63, 3.8) is 0 Å². The van der Waals surface area contributed by atoms with E-state index in [1.54, 1.807) is 20.2 Å². The number of nitrogens with two attached hydrogens (primary N) is 1. The third-order valence-electron chi connectivity index (χ3n) is 5.59. The number of methoxy groups -OCH3 is 1. The molecule has 0 aliphatic carbocycles. The van der Waals surface area contributed by atoms with Crippen molar-refractivity contribution in [2.75, 3.05) is 7.11 Å². The number of para-hydroxylation sites is 1. The molecule has 1 aromatic carbocycles. The average Bonchev–Trinajstić information content (AvgIpc) is 3.47. The van der Waals surface area contributed by atoms with Crippen LogP contribution in [0.25, 0.3) is 22.2 Å². The molecule has 3 aromatic heterocycles. The maximum absolute atomic E-state index is 12.2. The van der Waals surface area contributed by atoms with Gasteiger partial charge in [-0.15, -0.1) is 0 Å². The molecule has 0 saturated carbocycles. The summed E-state index contributed by atoms with van der Waals surface area (Å²) in [7, 11) is 1.61. The summed E-state index contributed by atoms with van der Waals surface area (Å²) in [6.07, 6.45) is 7.15. The molecule has 166 valence electrons. The van der Waals surface area contributed by atoms with Gasteiger partial charge in [0.25, 0.3) is 0 Å². The van der Waals surface area contributed by atoms with Crippen molar-refractivity contribution < 1.29 is 14.1 Å². The van der Waals surface area contributed by atoms with Gasteiger partial charge in [-0.05, 0) is 31.9 Å². The van der Waals surface area contributed by atoms with Crippen LogP contribution in [-0.4, -0.2) is 33.0 Å². The number of nitrogens with one attached hydrogen (secondary N) is 1. The van der Waals surface area contributed by atoms with Gasteiger partial charge in [0.15, 0.2) is 5.78 Å². The van der Waals surface area contributed by atoms with E-state index in [1.165, 1.54) is 6.20 Å². The number of ether oxygens (including phenoxy) is 1. The van der Waals surface area contributed by atoms with Crippen LogP contribution in [0.2, 0.25) is 0 Å². The number of rotatable bonds is 10. The number of nitrogens with zero attached hydrogens (tertiary/aromatic N) is 3. The van der Waals surface area contributed by atoms with Crippen LogP contribution < -0.4 is 10.5 Å². The van der Waals surface area contributed by atoms with Gasteiger partial charge in [0.1, 0.15) is 11.6 Å². The summed E-state index contributed by atoms with van der Waals surface area (Å²) in [6.45, 7) is 1.75. The first-order chi connectivity index (χ1) is 15.6. The van der Waals surface area contributed by atoms with Gasteiger partial charge in [0.2, 0.25) is 5.88 Å². The highest BCUT2D eigenvalue weighted by Crippen LogP contribution is 2.31. The van der Waals surface area contributed by atoms with Crippen LogP contribution in [0, 0.1) is 6.92 Å². The van der Waals surface area contributed by atoms with Gasteiger partial charge in [0.05, 0.1) is 47.9 Å². The third kappa shape index (κ3) is 4.70. The molecule has 0 fully saturated rings. The van der Waals surface area contributed by atoms with Crippen molar-refractivity contribution in [2.45, 2.75) is 45.1 Å². The Balaban J connectivity index is 1.33. The lowest BCUT2D eigenvalue weighted by Crippen LogP contribution is -2.12. The van der Waals surface area contributed by atoms with Crippen LogP contribution in [0.1, 0.15) is 60.1 Å². The lowest BCUT2D eigenvalue weighted by molar-refractivity contribution is 0.0977. The summed E-state index contributed by atoms with van der Waals surface area (Å²) in [5, 5.41) is 4.69. The first-order valence-corrected chi connectivity index (χ1v) is 10.8. The van der Waals surface area contributed by atoms with Crippen molar-refractivity contribution >= 4 is 16.7 Å². The van der Waals surface area contributed by atoms with Crippen LogP contribution in [0.3, 0.4) is 0 Å². The van der Waals surface area contributed by atoms with E-state index in [9.17, 15) is 4.79 Å². The van der Waals surface area contributed by atoms with Gasteiger partial charge < -0.3 is 20.0 Å². The van der Waals surface area contributed by atoms with Gasteiger partial charge in [-0.25, -0.2) is 9.97 Å². The molecule has 8 nitrogen and oxygen atoms in total. The maximum atomic E-state index is 12.2. The molecule has 4 rings (SSSR count). The average molecular weight is 434 g/mol. The highest BCUT2D eigenvalue weighted by molar-refractivity contribution is 5.96. The number of hydrogen-bond donors (Lipinski definition) is 2. The van der Waals surface area contributed by atoms with E-state index in [2.05, 4.69) is 20.1 Å². The van der Waals surface area contributed by atoms with E-state index < -0.39 is 0 Å². The molecule has 3 heterocycles. The molecular formula is C24H27N5O3. The molecular weight excluding hydrogens is 406 g/mol. The first kappa shape index (κ1) is 21.7. The quantitative estimate of drug-likeness (QED) is 0.273. The van der Waals surface area contributed by atoms with Gasteiger partial charge in [-0.2, -0.15) is 0 Å². The van der Waals surface area contributed by atoms with E-state index in [1.807, 2.05) is 30.3 Å². The molecule has 0 amide bonds. The monoisotopic (exact) mass is 433 g/mol. The van der Waals surface area contributed by atoms with Crippen molar-refractivity contribution in [3.05, 3.63) is 59.9 Å². The zero-order valence-electron chi connectivity index (χ0n) is 18.3. The Kier molecular flexibility index (Phi) is 6.61. The summed E-state index contributed by atoms with van der Waals surface area (Å²) >= 11 is 0. The van der Waals surface area contributed by atoms with E-state index in [0.717, 1.165) is 53.7 Å². The molecule has 32 heavy (non-hydrogen) atoms. The van der Waals surface area contributed by atoms with Crippen molar-refractivity contribution in [1.82, 2.24) is 20.1 Å². The van der Waals surface area contributed by atoms with Crippen LogP contribution in [-0.2, 0) is 0 Å². The summed E-state index contributed by atoms with van der Waals surface area (Å²) in [4.78, 5) is 24.6. The fourth-order valence-electron chi connectivity index (χ4n) is 3.77. The van der Waals surface area contributed by atoms with Gasteiger partial charge in [0, 0.05) is 11.8 Å². The molecule has 0 radical (unpaired) electrons. The normalized spacial score (nSPS) is 12.2. The van der Waals surface area contributed by atoms with Crippen LogP contribution in [0.15, 0.2) is 47.2 Å². The second kappa shape index (κ2) is 9.74. The summed E-state index contributed by atoms with van der Waals surface area (Å²) in [6, 6.07) is 9.74. The SMILES string of the molecule is COc1nc2ccccc2cc1-c1cnc([C@@H](N)CCCCCC(=O)c2cnoc2C)[nH]1. The first-order valence-electron chi connectivity index (χ1n) is 10.8. The summed E-state index contributed by atoms with van der Waals surface area (Å²) in [5.41, 5.74) is 9.47. The van der Waals surface area contributed by atoms with E-state index in [-0.39, 0.29) is 11.8 Å². The molecule has 4 aromatic rings. The Bertz CT molecular complexity index is 1210. The highest BCUT2D eigenvalue weighted by atomic mass is 16.5. The highest BCUT2D eigenvalue weighted by Gasteiger charge is 2.16. The number of aryl methyl sites for hydroxylation is 1. The maximum Gasteiger partial charge on any atom is 0.223 e. The van der Waals surface area contributed by atoms with E-state index in [4.69, 9.17) is 15.0 Å². The fraction of sp³-hybridized carbons (Fsp3) is 0.333. The minimum atomic E-state index is -0.209. The van der Waals surface area contributed by atoms with Crippen LogP contribution in [0.4, 0.5) is 0 Å². The van der Waals surface area contributed by atoms with Gasteiger partial charge >= 0.3 is 0 Å². The lowest BCUT2D eigenvalue weighted by Gasteiger charge is -2.10. The zero-order chi connectivity index (χ0) is 22.5. The Labute approximate surface area is 186 Å². The number of carbonyl (C=O) groups excluding carboxylic acids is 1. The number of imidazole rings is 1. The molecule has 0 aliphatic heterocycles. The predicted octanol–water partition coefficient (Wildman–Crippen LogP) is 4.76. The smallest absolute Gasteiger partial charge is 0.223 e. The van der Waals surface area contributed by atoms with E-state index >= 15 is 0 Å². The molecule has 0 saturated heterocycles. The fourth-order valence-corrected chi connectivity index (χ4v) is 3.77. The van der Waals surface area contributed by atoms with Crippen molar-refractivity contribution in [3.8, 4) is 17.1 Å².